The number of alkyl halides is 3. The number of aryl methyl sites for hydroxylation is 1. The maximum atomic E-state index is 13.2. The second-order valence-corrected chi connectivity index (χ2v) is 4.30. The van der Waals surface area contributed by atoms with Gasteiger partial charge in [-0.1, -0.05) is 13.0 Å². The van der Waals surface area contributed by atoms with Crippen molar-refractivity contribution < 1.29 is 22.7 Å². The van der Waals surface area contributed by atoms with Crippen molar-refractivity contribution in [3.8, 4) is 0 Å². The van der Waals surface area contributed by atoms with E-state index in [9.17, 15) is 22.7 Å². The molecule has 18 heavy (non-hydrogen) atoms. The lowest BCUT2D eigenvalue weighted by Crippen LogP contribution is -2.55. The van der Waals surface area contributed by atoms with Crippen LogP contribution in [0.1, 0.15) is 24.5 Å². The predicted octanol–water partition coefficient (Wildman–Crippen LogP) is 2.62. The molecular weight excluding hydrogens is 250 g/mol. The van der Waals surface area contributed by atoms with Gasteiger partial charge in [-0.15, -0.1) is 0 Å². The molecule has 0 aliphatic heterocycles. The van der Waals surface area contributed by atoms with Crippen molar-refractivity contribution >= 4 is 0 Å². The van der Waals surface area contributed by atoms with E-state index in [1.165, 1.54) is 13.8 Å². The Morgan fingerprint density at radius 1 is 1.28 bits per heavy atom. The van der Waals surface area contributed by atoms with E-state index in [0.29, 0.717) is 6.07 Å². The first-order chi connectivity index (χ1) is 8.12. The van der Waals surface area contributed by atoms with Crippen LogP contribution in [0.15, 0.2) is 18.2 Å². The number of halogens is 4. The van der Waals surface area contributed by atoms with Crippen LogP contribution in [0.25, 0.3) is 0 Å². The van der Waals surface area contributed by atoms with Crippen LogP contribution >= 0.6 is 0 Å². The van der Waals surface area contributed by atoms with Crippen molar-refractivity contribution in [2.24, 2.45) is 5.73 Å². The molecule has 0 aliphatic rings. The Balaban J connectivity index is 3.44. The van der Waals surface area contributed by atoms with Crippen molar-refractivity contribution in [3.63, 3.8) is 0 Å². The maximum Gasteiger partial charge on any atom is 0.423 e. The highest BCUT2D eigenvalue weighted by atomic mass is 19.4. The van der Waals surface area contributed by atoms with E-state index in [2.05, 4.69) is 0 Å². The largest absolute Gasteiger partial charge is 0.423 e. The minimum atomic E-state index is -4.97. The molecule has 0 aromatic heterocycles. The predicted molar refractivity (Wildman–Crippen MR) is 59.4 cm³/mol. The highest BCUT2D eigenvalue weighted by Crippen LogP contribution is 2.42. The fourth-order valence-electron chi connectivity index (χ4n) is 1.84. The molecule has 0 saturated heterocycles. The molecule has 102 valence electrons. The molecule has 0 amide bonds. The summed E-state index contributed by atoms with van der Waals surface area (Å²) >= 11 is 0. The Kier molecular flexibility index (Phi) is 4.02. The van der Waals surface area contributed by atoms with Crippen molar-refractivity contribution in [1.82, 2.24) is 0 Å². The van der Waals surface area contributed by atoms with Crippen LogP contribution in [0.4, 0.5) is 17.6 Å². The summed E-state index contributed by atoms with van der Waals surface area (Å²) in [6.45, 7) is 2.87. The first-order valence-electron chi connectivity index (χ1n) is 5.45. The smallest absolute Gasteiger partial charge is 0.375 e. The minimum Gasteiger partial charge on any atom is -0.375 e. The lowest BCUT2D eigenvalue weighted by molar-refractivity contribution is -0.274. The van der Waals surface area contributed by atoms with Crippen molar-refractivity contribution in [2.75, 3.05) is 0 Å². The van der Waals surface area contributed by atoms with Crippen LogP contribution < -0.4 is 5.73 Å². The van der Waals surface area contributed by atoms with Gasteiger partial charge in [0.1, 0.15) is 5.82 Å². The maximum absolute atomic E-state index is 13.2. The lowest BCUT2D eigenvalue weighted by atomic mass is 9.84. The van der Waals surface area contributed by atoms with Gasteiger partial charge in [0.25, 0.3) is 0 Å². The minimum absolute atomic E-state index is 0.0917. The summed E-state index contributed by atoms with van der Waals surface area (Å²) < 4.78 is 52.3. The van der Waals surface area contributed by atoms with Crippen LogP contribution in [-0.4, -0.2) is 17.3 Å². The number of nitrogens with two attached hydrogens (primary N) is 1. The molecule has 0 fully saturated rings. The molecule has 1 aromatic rings. The Morgan fingerprint density at radius 3 is 2.22 bits per heavy atom. The van der Waals surface area contributed by atoms with Gasteiger partial charge in [-0.05, 0) is 36.6 Å². The average Bonchev–Trinajstić information content (AvgIpc) is 2.23. The molecule has 3 N–H and O–H groups in total. The van der Waals surface area contributed by atoms with Gasteiger partial charge in [-0.2, -0.15) is 13.2 Å². The molecule has 0 radical (unpaired) electrons. The van der Waals surface area contributed by atoms with Crippen LogP contribution in [0.5, 0.6) is 0 Å². The summed E-state index contributed by atoms with van der Waals surface area (Å²) in [5, 5.41) is 9.92. The zero-order chi connectivity index (χ0) is 14.1. The van der Waals surface area contributed by atoms with E-state index in [0.717, 1.165) is 12.1 Å². The average molecular weight is 265 g/mol. The zero-order valence-electron chi connectivity index (χ0n) is 10.1. The molecule has 0 spiro atoms. The quantitative estimate of drug-likeness (QED) is 0.825. The van der Waals surface area contributed by atoms with E-state index in [1.54, 1.807) is 0 Å². The fraction of sp³-hybridized carbons (Fsp3) is 0.500. The topological polar surface area (TPSA) is 46.2 Å². The molecule has 0 bridgehead atoms. The number of aliphatic hydroxyl groups is 1. The number of rotatable bonds is 3. The number of hydrogen-bond donors (Lipinski definition) is 2. The van der Waals surface area contributed by atoms with Gasteiger partial charge in [0.2, 0.25) is 5.60 Å². The third-order valence-corrected chi connectivity index (χ3v) is 2.89. The second kappa shape index (κ2) is 4.85. The first kappa shape index (κ1) is 14.9. The van der Waals surface area contributed by atoms with Crippen molar-refractivity contribution in [3.05, 3.63) is 35.1 Å². The summed E-state index contributed by atoms with van der Waals surface area (Å²) in [6.07, 6.45) is -5.06. The molecule has 0 saturated carbocycles. The molecule has 0 aliphatic carbocycles. The van der Waals surface area contributed by atoms with E-state index < -0.39 is 29.2 Å². The van der Waals surface area contributed by atoms with Crippen LogP contribution in [-0.2, 0) is 5.60 Å². The summed E-state index contributed by atoms with van der Waals surface area (Å²) in [5.74, 6) is -0.837. The third kappa shape index (κ3) is 2.49. The van der Waals surface area contributed by atoms with Gasteiger partial charge in [-0.3, -0.25) is 0 Å². The molecule has 2 unspecified atom stereocenters. The monoisotopic (exact) mass is 265 g/mol. The fourth-order valence-corrected chi connectivity index (χ4v) is 1.84. The third-order valence-electron chi connectivity index (χ3n) is 2.89. The molecule has 2 atom stereocenters. The molecule has 6 heteroatoms. The Morgan fingerprint density at radius 2 is 1.83 bits per heavy atom. The Hall–Kier alpha value is -1.14. The molecule has 0 heterocycles. The number of benzene rings is 1. The second-order valence-electron chi connectivity index (χ2n) is 4.30. The van der Waals surface area contributed by atoms with Crippen molar-refractivity contribution in [1.29, 1.82) is 0 Å². The molecule has 2 nitrogen and oxygen atoms in total. The summed E-state index contributed by atoms with van der Waals surface area (Å²) in [4.78, 5) is 0. The molecular formula is C12H15F4NO. The van der Waals surface area contributed by atoms with E-state index >= 15 is 0 Å². The Bertz CT molecular complexity index is 412. The summed E-state index contributed by atoms with van der Waals surface area (Å²) in [7, 11) is 0. The zero-order valence-corrected chi connectivity index (χ0v) is 10.1. The highest BCUT2D eigenvalue weighted by molar-refractivity contribution is 5.31. The van der Waals surface area contributed by atoms with E-state index in [4.69, 9.17) is 5.73 Å². The van der Waals surface area contributed by atoms with Gasteiger partial charge in [-0.25, -0.2) is 4.39 Å². The van der Waals surface area contributed by atoms with Gasteiger partial charge in [0.15, 0.2) is 0 Å². The molecule has 1 aromatic carbocycles. The Labute approximate surface area is 102 Å². The summed E-state index contributed by atoms with van der Waals surface area (Å²) in [6, 6.07) is 1.28. The SMILES string of the molecule is CCC(N)C(O)(c1cc(C)cc(F)c1)C(F)(F)F. The molecule has 1 rings (SSSR count). The lowest BCUT2D eigenvalue weighted by Gasteiger charge is -2.35. The highest BCUT2D eigenvalue weighted by Gasteiger charge is 2.58. The van der Waals surface area contributed by atoms with Gasteiger partial charge in [0.05, 0.1) is 0 Å². The van der Waals surface area contributed by atoms with Crippen LogP contribution in [0.2, 0.25) is 0 Å². The van der Waals surface area contributed by atoms with Crippen molar-refractivity contribution in [2.45, 2.75) is 38.1 Å². The number of hydrogen-bond acceptors (Lipinski definition) is 2. The normalized spacial score (nSPS) is 17.3. The van der Waals surface area contributed by atoms with Crippen LogP contribution in [0.3, 0.4) is 0 Å². The van der Waals surface area contributed by atoms with Gasteiger partial charge in [0, 0.05) is 6.04 Å². The van der Waals surface area contributed by atoms with E-state index in [-0.39, 0.29) is 12.0 Å². The van der Waals surface area contributed by atoms with E-state index in [1.807, 2.05) is 0 Å². The van der Waals surface area contributed by atoms with Gasteiger partial charge >= 0.3 is 6.18 Å². The van der Waals surface area contributed by atoms with Crippen LogP contribution in [0, 0.1) is 12.7 Å². The first-order valence-corrected chi connectivity index (χ1v) is 5.45. The standard InChI is InChI=1S/C12H15F4NO/c1-3-10(17)11(18,12(14,15)16)8-4-7(2)5-9(13)6-8/h4-6,10,18H,3,17H2,1-2H3. The van der Waals surface area contributed by atoms with Gasteiger partial charge < -0.3 is 10.8 Å². The summed E-state index contributed by atoms with van der Waals surface area (Å²) in [5.41, 5.74) is 1.86.